The number of aromatic amines is 1. The summed E-state index contributed by atoms with van der Waals surface area (Å²) >= 11 is 1.44. The van der Waals surface area contributed by atoms with E-state index in [4.69, 9.17) is 4.74 Å². The van der Waals surface area contributed by atoms with E-state index >= 15 is 0 Å². The largest absolute Gasteiger partial charge is 0.497 e. The van der Waals surface area contributed by atoms with E-state index in [0.717, 1.165) is 40.3 Å². The van der Waals surface area contributed by atoms with Crippen LogP contribution in [0, 0.1) is 0 Å². The monoisotopic (exact) mass is 433 g/mol. The summed E-state index contributed by atoms with van der Waals surface area (Å²) in [5.74, 6) is 1.47. The maximum absolute atomic E-state index is 12.8. The summed E-state index contributed by atoms with van der Waals surface area (Å²) in [6.45, 7) is 1.89. The summed E-state index contributed by atoms with van der Waals surface area (Å²) in [4.78, 5) is 16.1. The maximum Gasteiger partial charge on any atom is 0.237 e. The van der Waals surface area contributed by atoms with Crippen molar-refractivity contribution in [2.24, 2.45) is 0 Å². The van der Waals surface area contributed by atoms with Crippen LogP contribution in [0.1, 0.15) is 25.8 Å². The Bertz CT molecular complexity index is 1240. The molecule has 1 aliphatic carbocycles. The summed E-state index contributed by atoms with van der Waals surface area (Å²) in [7, 11) is 1.61. The van der Waals surface area contributed by atoms with Crippen LogP contribution >= 0.6 is 11.8 Å². The number of para-hydroxylation sites is 1. The molecule has 5 rings (SSSR count). The van der Waals surface area contributed by atoms with Crippen LogP contribution in [0.25, 0.3) is 22.3 Å². The highest BCUT2D eigenvalue weighted by molar-refractivity contribution is 8.00. The van der Waals surface area contributed by atoms with Crippen molar-refractivity contribution in [3.8, 4) is 17.1 Å². The van der Waals surface area contributed by atoms with Gasteiger partial charge in [0.1, 0.15) is 5.75 Å². The first-order chi connectivity index (χ1) is 15.1. The van der Waals surface area contributed by atoms with Gasteiger partial charge >= 0.3 is 0 Å². The number of aromatic nitrogens is 4. The third kappa shape index (κ3) is 3.90. The number of benzene rings is 2. The third-order valence-corrected chi connectivity index (χ3v) is 6.45. The molecule has 2 heterocycles. The molecule has 158 valence electrons. The molecule has 0 radical (unpaired) electrons. The fraction of sp³-hybridized carbons (Fsp3) is 0.261. The van der Waals surface area contributed by atoms with Gasteiger partial charge in [0.25, 0.3) is 0 Å². The maximum atomic E-state index is 12.8. The predicted octanol–water partition coefficient (Wildman–Crippen LogP) is 4.89. The number of methoxy groups -OCH3 is 1. The summed E-state index contributed by atoms with van der Waals surface area (Å²) in [6.07, 6.45) is 4.19. The van der Waals surface area contributed by atoms with Gasteiger partial charge in [0.15, 0.2) is 11.0 Å². The van der Waals surface area contributed by atoms with E-state index in [1.54, 1.807) is 13.2 Å². The van der Waals surface area contributed by atoms with E-state index in [-0.39, 0.29) is 11.2 Å². The molecule has 7 nitrogen and oxygen atoms in total. The van der Waals surface area contributed by atoms with Crippen LogP contribution < -0.4 is 10.1 Å². The highest BCUT2D eigenvalue weighted by atomic mass is 32.2. The number of anilines is 1. The molecular weight excluding hydrogens is 410 g/mol. The molecule has 1 amide bonds. The van der Waals surface area contributed by atoms with E-state index in [9.17, 15) is 4.79 Å². The molecule has 1 fully saturated rings. The lowest BCUT2D eigenvalue weighted by Gasteiger charge is -2.13. The number of amides is 1. The molecule has 2 aromatic heterocycles. The second-order valence-electron chi connectivity index (χ2n) is 7.64. The molecule has 0 saturated heterocycles. The van der Waals surface area contributed by atoms with Crippen molar-refractivity contribution >= 4 is 34.3 Å². The molecule has 31 heavy (non-hydrogen) atoms. The number of nitrogens with zero attached hydrogens (tertiary/aromatic N) is 3. The van der Waals surface area contributed by atoms with Crippen molar-refractivity contribution in [1.82, 2.24) is 19.7 Å². The highest BCUT2D eigenvalue weighted by Gasteiger charge is 2.32. The van der Waals surface area contributed by atoms with Crippen LogP contribution in [0.5, 0.6) is 5.75 Å². The number of fused-ring (bicyclic) bond motifs is 1. The summed E-state index contributed by atoms with van der Waals surface area (Å²) < 4.78 is 7.42. The van der Waals surface area contributed by atoms with Crippen molar-refractivity contribution in [1.29, 1.82) is 0 Å². The molecule has 8 heteroatoms. The second kappa shape index (κ2) is 8.11. The standard InChI is InChI=1S/C23H23N5O2S/c1-14(22(29)25-15-6-5-7-17(12-15)30-2)31-23-27-26-21(28(23)16-10-11-16)19-13-24-20-9-4-3-8-18(19)20/h3-9,12-14,16,24H,10-11H2,1-2H3,(H,25,29)/t14-/m0/s1. The SMILES string of the molecule is COc1cccc(NC(=O)[C@H](C)Sc2nnc(-c3c[nH]c4ccccc34)n2C2CC2)c1. The molecule has 1 saturated carbocycles. The van der Waals surface area contributed by atoms with Crippen molar-refractivity contribution in [2.75, 3.05) is 12.4 Å². The van der Waals surface area contributed by atoms with Crippen LogP contribution in [0.4, 0.5) is 5.69 Å². The van der Waals surface area contributed by atoms with Gasteiger partial charge in [-0.1, -0.05) is 36.0 Å². The predicted molar refractivity (Wildman–Crippen MR) is 123 cm³/mol. The van der Waals surface area contributed by atoms with E-state index in [2.05, 4.69) is 37.2 Å². The molecular formula is C23H23N5O2S. The Morgan fingerprint density at radius 1 is 1.23 bits per heavy atom. The molecule has 2 aromatic carbocycles. The lowest BCUT2D eigenvalue weighted by Crippen LogP contribution is -2.23. The minimum atomic E-state index is -0.330. The zero-order valence-corrected chi connectivity index (χ0v) is 18.1. The summed E-state index contributed by atoms with van der Waals surface area (Å²) in [5.41, 5.74) is 2.82. The fourth-order valence-electron chi connectivity index (χ4n) is 3.62. The van der Waals surface area contributed by atoms with E-state index in [1.807, 2.05) is 43.5 Å². The van der Waals surface area contributed by atoms with Crippen molar-refractivity contribution < 1.29 is 9.53 Å². The van der Waals surface area contributed by atoms with Gasteiger partial charge in [-0.15, -0.1) is 10.2 Å². The first kappa shape index (κ1) is 19.7. The van der Waals surface area contributed by atoms with Gasteiger partial charge in [-0.3, -0.25) is 9.36 Å². The Labute approximate surface area is 184 Å². The van der Waals surface area contributed by atoms with E-state index < -0.39 is 0 Å². The smallest absolute Gasteiger partial charge is 0.237 e. The normalized spacial score (nSPS) is 14.5. The van der Waals surface area contributed by atoms with Crippen LogP contribution in [-0.2, 0) is 4.79 Å². The van der Waals surface area contributed by atoms with Gasteiger partial charge in [0.05, 0.1) is 12.4 Å². The number of hydrogen-bond acceptors (Lipinski definition) is 5. The molecule has 0 bridgehead atoms. The molecule has 0 unspecified atom stereocenters. The zero-order valence-electron chi connectivity index (χ0n) is 17.3. The van der Waals surface area contributed by atoms with E-state index in [0.29, 0.717) is 17.5 Å². The minimum absolute atomic E-state index is 0.0859. The molecule has 0 aliphatic heterocycles. The molecule has 1 aliphatic rings. The zero-order chi connectivity index (χ0) is 21.4. The summed E-state index contributed by atoms with van der Waals surface area (Å²) in [5, 5.41) is 13.5. The highest BCUT2D eigenvalue weighted by Crippen LogP contribution is 2.42. The first-order valence-corrected chi connectivity index (χ1v) is 11.1. The quantitative estimate of drug-likeness (QED) is 0.406. The average molecular weight is 434 g/mol. The Hall–Kier alpha value is -3.26. The van der Waals surface area contributed by atoms with Gasteiger partial charge in [-0.05, 0) is 38.0 Å². The Morgan fingerprint density at radius 2 is 2.06 bits per heavy atom. The molecule has 1 atom stereocenters. The van der Waals surface area contributed by atoms with Gasteiger partial charge in [0.2, 0.25) is 5.91 Å². The third-order valence-electron chi connectivity index (χ3n) is 5.40. The van der Waals surface area contributed by atoms with Gasteiger partial charge < -0.3 is 15.0 Å². The Balaban J connectivity index is 1.39. The van der Waals surface area contributed by atoms with Crippen molar-refractivity contribution in [3.05, 3.63) is 54.7 Å². The number of carbonyl (C=O) groups excluding carboxylic acids is 1. The van der Waals surface area contributed by atoms with Crippen LogP contribution in [0.3, 0.4) is 0 Å². The molecule has 2 N–H and O–H groups in total. The lowest BCUT2D eigenvalue weighted by molar-refractivity contribution is -0.115. The minimum Gasteiger partial charge on any atom is -0.497 e. The van der Waals surface area contributed by atoms with Crippen LogP contribution in [0.15, 0.2) is 59.9 Å². The van der Waals surface area contributed by atoms with Crippen molar-refractivity contribution in [2.45, 2.75) is 36.2 Å². The van der Waals surface area contributed by atoms with Crippen molar-refractivity contribution in [3.63, 3.8) is 0 Å². The summed E-state index contributed by atoms with van der Waals surface area (Å²) in [6, 6.07) is 15.9. The number of H-pyrrole nitrogens is 1. The van der Waals surface area contributed by atoms with Crippen LogP contribution in [0.2, 0.25) is 0 Å². The van der Waals surface area contributed by atoms with Gasteiger partial charge in [-0.25, -0.2) is 0 Å². The van der Waals surface area contributed by atoms with Crippen LogP contribution in [-0.4, -0.2) is 38.0 Å². The van der Waals surface area contributed by atoms with E-state index in [1.165, 1.54) is 11.8 Å². The number of carbonyl (C=O) groups is 1. The average Bonchev–Trinajstić information content (AvgIpc) is 3.41. The number of rotatable bonds is 7. The topological polar surface area (TPSA) is 84.8 Å². The fourth-order valence-corrected chi connectivity index (χ4v) is 4.54. The Morgan fingerprint density at radius 3 is 2.87 bits per heavy atom. The number of hydrogen-bond donors (Lipinski definition) is 2. The Kier molecular flexibility index (Phi) is 5.15. The number of thioether (sulfide) groups is 1. The first-order valence-electron chi connectivity index (χ1n) is 10.3. The van der Waals surface area contributed by atoms with Gasteiger partial charge in [-0.2, -0.15) is 0 Å². The lowest BCUT2D eigenvalue weighted by atomic mass is 10.1. The second-order valence-corrected chi connectivity index (χ2v) is 8.94. The molecule has 4 aromatic rings. The number of nitrogens with one attached hydrogen (secondary N) is 2. The molecule has 0 spiro atoms. The van der Waals surface area contributed by atoms with Gasteiger partial charge in [0, 0.05) is 40.5 Å². The number of ether oxygens (including phenoxy) is 1.